The van der Waals surface area contributed by atoms with Crippen LogP contribution < -0.4 is 0 Å². The molecule has 32 heavy (non-hydrogen) atoms. The zero-order valence-electron chi connectivity index (χ0n) is 19.8. The maximum atomic E-state index is 13.0. The molecule has 4 rings (SSSR count). The average molecular weight is 442 g/mol. The average Bonchev–Trinajstić information content (AvgIpc) is 3.34. The molecule has 2 saturated heterocycles. The van der Waals surface area contributed by atoms with Gasteiger partial charge in [0.1, 0.15) is 11.9 Å². The van der Waals surface area contributed by atoms with Crippen LogP contribution in [0.2, 0.25) is 0 Å². The standard InChI is InChI=1S/C24H35N5O3/c1-16(17(2)20-7-6-10-29-21(20)25-15-26-29)8-9-18-13-19-14-27(11-12-28(19)22(18)30)23(31)32-24(3,4)5/h6-7,10,15-19H,8-9,11-14H2,1-5H3/t16-,17?,18-,19-/m0/s1. The van der Waals surface area contributed by atoms with Gasteiger partial charge in [-0.3, -0.25) is 4.79 Å². The van der Waals surface area contributed by atoms with Crippen molar-refractivity contribution in [3.05, 3.63) is 30.2 Å². The van der Waals surface area contributed by atoms with Crippen molar-refractivity contribution in [3.63, 3.8) is 0 Å². The highest BCUT2D eigenvalue weighted by Crippen LogP contribution is 2.35. The SMILES string of the molecule is CC(c1cccn2ncnc12)[C@@H](C)CC[C@H]1C[C@H]2CN(C(=O)OC(C)(C)C)CCN2C1=O. The number of nitrogens with zero attached hydrogens (tertiary/aromatic N) is 5. The highest BCUT2D eigenvalue weighted by Gasteiger charge is 2.43. The molecule has 8 nitrogen and oxygen atoms in total. The van der Waals surface area contributed by atoms with E-state index in [1.165, 1.54) is 5.56 Å². The predicted molar refractivity (Wildman–Crippen MR) is 121 cm³/mol. The minimum atomic E-state index is -0.508. The highest BCUT2D eigenvalue weighted by molar-refractivity contribution is 5.82. The molecule has 4 heterocycles. The van der Waals surface area contributed by atoms with Gasteiger partial charge in [-0.15, -0.1) is 0 Å². The molecule has 0 aliphatic carbocycles. The second kappa shape index (κ2) is 8.71. The van der Waals surface area contributed by atoms with Crippen LogP contribution in [0.5, 0.6) is 0 Å². The van der Waals surface area contributed by atoms with E-state index in [1.54, 1.807) is 11.2 Å². The topological polar surface area (TPSA) is 80.0 Å². The largest absolute Gasteiger partial charge is 0.444 e. The van der Waals surface area contributed by atoms with Crippen LogP contribution in [0.15, 0.2) is 24.7 Å². The Balaban J connectivity index is 1.33. The third kappa shape index (κ3) is 4.59. The highest BCUT2D eigenvalue weighted by atomic mass is 16.6. The fourth-order valence-electron chi connectivity index (χ4n) is 4.99. The number of piperazine rings is 1. The van der Waals surface area contributed by atoms with E-state index in [4.69, 9.17) is 4.74 Å². The monoisotopic (exact) mass is 441 g/mol. The summed E-state index contributed by atoms with van der Waals surface area (Å²) in [5, 5.41) is 4.24. The summed E-state index contributed by atoms with van der Waals surface area (Å²) in [6, 6.07) is 4.23. The van der Waals surface area contributed by atoms with Crippen molar-refractivity contribution in [2.45, 2.75) is 71.4 Å². The molecule has 2 fully saturated rings. The maximum Gasteiger partial charge on any atom is 0.410 e. The normalized spacial score (nSPS) is 23.3. The number of amides is 2. The molecule has 0 spiro atoms. The quantitative estimate of drug-likeness (QED) is 0.707. The number of carbonyl (C=O) groups is 2. The Morgan fingerprint density at radius 2 is 2.06 bits per heavy atom. The molecule has 4 atom stereocenters. The zero-order chi connectivity index (χ0) is 23.0. The van der Waals surface area contributed by atoms with Crippen molar-refractivity contribution < 1.29 is 14.3 Å². The second-order valence-electron chi connectivity index (χ2n) is 10.4. The molecule has 1 unspecified atom stereocenters. The molecule has 2 aliphatic heterocycles. The molecule has 2 aromatic rings. The number of aromatic nitrogens is 3. The second-order valence-corrected chi connectivity index (χ2v) is 10.4. The Kier molecular flexibility index (Phi) is 6.14. The van der Waals surface area contributed by atoms with Crippen LogP contribution in [0.25, 0.3) is 5.65 Å². The fraction of sp³-hybridized carbons (Fsp3) is 0.667. The van der Waals surface area contributed by atoms with Crippen molar-refractivity contribution in [3.8, 4) is 0 Å². The first-order valence-corrected chi connectivity index (χ1v) is 11.7. The summed E-state index contributed by atoms with van der Waals surface area (Å²) in [7, 11) is 0. The summed E-state index contributed by atoms with van der Waals surface area (Å²) >= 11 is 0. The van der Waals surface area contributed by atoms with Crippen molar-refractivity contribution in [2.75, 3.05) is 19.6 Å². The first-order chi connectivity index (χ1) is 15.1. The molecule has 0 bridgehead atoms. The first-order valence-electron chi connectivity index (χ1n) is 11.7. The van der Waals surface area contributed by atoms with Gasteiger partial charge in [-0.25, -0.2) is 14.3 Å². The Bertz CT molecular complexity index is 981. The summed E-state index contributed by atoms with van der Waals surface area (Å²) in [6.07, 6.45) is 5.89. The lowest BCUT2D eigenvalue weighted by molar-refractivity contribution is -0.133. The van der Waals surface area contributed by atoms with E-state index < -0.39 is 5.60 Å². The van der Waals surface area contributed by atoms with Gasteiger partial charge in [-0.2, -0.15) is 5.10 Å². The van der Waals surface area contributed by atoms with Crippen molar-refractivity contribution in [1.29, 1.82) is 0 Å². The van der Waals surface area contributed by atoms with Gasteiger partial charge in [0.15, 0.2) is 5.65 Å². The van der Waals surface area contributed by atoms with Crippen LogP contribution in [-0.4, -0.2) is 67.7 Å². The number of hydrogen-bond acceptors (Lipinski definition) is 5. The van der Waals surface area contributed by atoms with Crippen molar-refractivity contribution in [1.82, 2.24) is 24.4 Å². The van der Waals surface area contributed by atoms with Gasteiger partial charge in [0.05, 0.1) is 6.04 Å². The summed E-state index contributed by atoms with van der Waals surface area (Å²) in [4.78, 5) is 33.6. The van der Waals surface area contributed by atoms with Crippen molar-refractivity contribution in [2.24, 2.45) is 11.8 Å². The number of fused-ring (bicyclic) bond motifs is 2. The lowest BCUT2D eigenvalue weighted by atomic mass is 9.84. The summed E-state index contributed by atoms with van der Waals surface area (Å²) < 4.78 is 7.34. The summed E-state index contributed by atoms with van der Waals surface area (Å²) in [5.41, 5.74) is 1.59. The Hall–Kier alpha value is -2.64. The smallest absolute Gasteiger partial charge is 0.410 e. The van der Waals surface area contributed by atoms with E-state index in [2.05, 4.69) is 30.0 Å². The van der Waals surface area contributed by atoms with E-state index in [9.17, 15) is 9.59 Å². The molecular weight excluding hydrogens is 406 g/mol. The van der Waals surface area contributed by atoms with Gasteiger partial charge in [0.25, 0.3) is 0 Å². The van der Waals surface area contributed by atoms with Crippen LogP contribution in [-0.2, 0) is 9.53 Å². The summed E-state index contributed by atoms with van der Waals surface area (Å²) in [5.74, 6) is 1.03. The molecule has 0 radical (unpaired) electrons. The number of pyridine rings is 1. The van der Waals surface area contributed by atoms with E-state index in [-0.39, 0.29) is 24.0 Å². The van der Waals surface area contributed by atoms with Gasteiger partial charge in [-0.1, -0.05) is 19.9 Å². The molecule has 174 valence electrons. The minimum Gasteiger partial charge on any atom is -0.444 e. The molecule has 2 aromatic heterocycles. The van der Waals surface area contributed by atoms with Crippen molar-refractivity contribution >= 4 is 17.6 Å². The third-order valence-corrected chi connectivity index (χ3v) is 6.97. The molecule has 0 saturated carbocycles. The van der Waals surface area contributed by atoms with Gasteiger partial charge in [0, 0.05) is 31.7 Å². The Morgan fingerprint density at radius 1 is 1.28 bits per heavy atom. The number of hydrogen-bond donors (Lipinski definition) is 0. The van der Waals surface area contributed by atoms with Crippen LogP contribution >= 0.6 is 0 Å². The molecule has 2 aliphatic rings. The van der Waals surface area contributed by atoms with Crippen LogP contribution in [0.1, 0.15) is 65.4 Å². The molecule has 0 N–H and O–H groups in total. The summed E-state index contributed by atoms with van der Waals surface area (Å²) in [6.45, 7) is 11.8. The molecule has 8 heteroatoms. The molecule has 0 aromatic carbocycles. The van der Waals surface area contributed by atoms with Crippen LogP contribution in [0, 0.1) is 11.8 Å². The van der Waals surface area contributed by atoms with E-state index in [1.807, 2.05) is 42.4 Å². The van der Waals surface area contributed by atoms with E-state index >= 15 is 0 Å². The Labute approximate surface area is 189 Å². The van der Waals surface area contributed by atoms with E-state index in [0.29, 0.717) is 31.5 Å². The fourth-order valence-corrected chi connectivity index (χ4v) is 4.99. The number of carbonyl (C=O) groups excluding carboxylic acids is 2. The minimum absolute atomic E-state index is 0.0390. The lowest BCUT2D eigenvalue weighted by Gasteiger charge is -2.38. The van der Waals surface area contributed by atoms with E-state index in [0.717, 1.165) is 24.9 Å². The van der Waals surface area contributed by atoms with Gasteiger partial charge >= 0.3 is 6.09 Å². The van der Waals surface area contributed by atoms with Crippen LogP contribution in [0.3, 0.4) is 0 Å². The molecule has 2 amide bonds. The number of rotatable bonds is 5. The van der Waals surface area contributed by atoms with Gasteiger partial charge in [-0.05, 0) is 63.5 Å². The third-order valence-electron chi connectivity index (χ3n) is 6.97. The van der Waals surface area contributed by atoms with Crippen LogP contribution in [0.4, 0.5) is 4.79 Å². The molecular formula is C24H35N5O3. The van der Waals surface area contributed by atoms with Gasteiger partial charge < -0.3 is 14.5 Å². The Morgan fingerprint density at radius 3 is 2.81 bits per heavy atom. The predicted octanol–water partition coefficient (Wildman–Crippen LogP) is 3.72. The first kappa shape index (κ1) is 22.6. The number of ether oxygens (including phenoxy) is 1. The lowest BCUT2D eigenvalue weighted by Crippen LogP contribution is -2.54. The maximum absolute atomic E-state index is 13.0. The zero-order valence-corrected chi connectivity index (χ0v) is 19.8. The van der Waals surface area contributed by atoms with Gasteiger partial charge in [0.2, 0.25) is 5.91 Å².